The summed E-state index contributed by atoms with van der Waals surface area (Å²) in [5.41, 5.74) is 6.04. The summed E-state index contributed by atoms with van der Waals surface area (Å²) in [6.07, 6.45) is 8.41. The van der Waals surface area contributed by atoms with Crippen LogP contribution in [0.5, 0.6) is 0 Å². The highest BCUT2D eigenvalue weighted by atomic mass is 35.5. The Balaban J connectivity index is 1.04. The van der Waals surface area contributed by atoms with E-state index in [-0.39, 0.29) is 28.0 Å². The van der Waals surface area contributed by atoms with Gasteiger partial charge in [0.2, 0.25) is 0 Å². The van der Waals surface area contributed by atoms with Crippen LogP contribution in [0.1, 0.15) is 81.3 Å². The van der Waals surface area contributed by atoms with E-state index in [1.165, 1.54) is 0 Å². The van der Waals surface area contributed by atoms with Gasteiger partial charge in [-0.15, -0.1) is 0 Å². The van der Waals surface area contributed by atoms with E-state index < -0.39 is 30.4 Å². The maximum atomic E-state index is 13.6. The van der Waals surface area contributed by atoms with E-state index in [9.17, 15) is 28.3 Å². The molecule has 55 heavy (non-hydrogen) atoms. The van der Waals surface area contributed by atoms with Crippen LogP contribution in [0.15, 0.2) is 60.9 Å². The number of benzene rings is 2. The Morgan fingerprint density at radius 3 is 2.16 bits per heavy atom. The number of amides is 2. The third-order valence-electron chi connectivity index (χ3n) is 10.4. The summed E-state index contributed by atoms with van der Waals surface area (Å²) in [5, 5.41) is 16.0. The third kappa shape index (κ3) is 9.13. The van der Waals surface area contributed by atoms with Gasteiger partial charge in [0, 0.05) is 49.7 Å². The number of hydrogen-bond acceptors (Lipinski definition) is 8. The third-order valence-corrected chi connectivity index (χ3v) is 11.2. The van der Waals surface area contributed by atoms with Crippen LogP contribution in [0.2, 0.25) is 10.0 Å². The van der Waals surface area contributed by atoms with Crippen LogP contribution >= 0.6 is 23.2 Å². The molecule has 7 rings (SSSR count). The van der Waals surface area contributed by atoms with Crippen molar-refractivity contribution in [3.63, 3.8) is 0 Å². The molecule has 0 spiro atoms. The number of hydrogen-bond donors (Lipinski definition) is 3. The van der Waals surface area contributed by atoms with Crippen molar-refractivity contribution in [1.82, 2.24) is 19.8 Å². The number of rotatable bonds is 13. The Kier molecular flexibility index (Phi) is 12.0. The van der Waals surface area contributed by atoms with Gasteiger partial charge in [0.1, 0.15) is 17.4 Å². The molecule has 0 unspecified atom stereocenters. The van der Waals surface area contributed by atoms with E-state index in [2.05, 4.69) is 25.3 Å². The van der Waals surface area contributed by atoms with Crippen molar-refractivity contribution in [2.45, 2.75) is 70.2 Å². The average molecular weight is 794 g/mol. The van der Waals surface area contributed by atoms with Crippen LogP contribution in [0.4, 0.5) is 20.2 Å². The molecule has 3 aliphatic rings. The molecule has 0 radical (unpaired) electrons. The number of pyridine rings is 2. The highest BCUT2D eigenvalue weighted by Gasteiger charge is 2.32. The topological polar surface area (TPSA) is 137 Å². The van der Waals surface area contributed by atoms with Gasteiger partial charge in [0.15, 0.2) is 0 Å². The summed E-state index contributed by atoms with van der Waals surface area (Å²) in [6.45, 7) is -0.173. The fourth-order valence-corrected chi connectivity index (χ4v) is 7.89. The average Bonchev–Trinajstić information content (AvgIpc) is 4.02. The number of likely N-dealkylation sites (tertiary alicyclic amines) is 1. The molecular formula is C40H40Cl2F2N6O5. The molecule has 0 bridgehead atoms. The van der Waals surface area contributed by atoms with Gasteiger partial charge in [0.05, 0.1) is 28.0 Å². The second-order valence-corrected chi connectivity index (χ2v) is 14.9. The van der Waals surface area contributed by atoms with Crippen molar-refractivity contribution in [2.24, 2.45) is 0 Å². The van der Waals surface area contributed by atoms with E-state index >= 15 is 0 Å². The van der Waals surface area contributed by atoms with Crippen molar-refractivity contribution in [2.75, 3.05) is 36.9 Å². The molecule has 288 valence electrons. The standard InChI is InChI=1S/C40H40Cl2F2N6O5/c41-35-27(5-3-7-30(35)47-37(51)32-17-24-12-14-49(15-16-55-40(43)44)21-25(24)19-45-32)28-6-4-8-31(36(28)42)48-38(52)33-18-29(23-10-11-23)26(20-46-33)22-50-13-2-1-9-34(50)39(53)54/h3-8,17-20,23,34,40H,1-2,9-16,21-22H2,(H,47,51)(H,48,52)(H,53,54)/t34-/m0/s1. The molecular weight excluding hydrogens is 753 g/mol. The smallest absolute Gasteiger partial charge is 0.345 e. The van der Waals surface area contributed by atoms with E-state index in [0.717, 1.165) is 47.9 Å². The van der Waals surface area contributed by atoms with Gasteiger partial charge < -0.3 is 20.5 Å². The number of aromatic nitrogens is 2. The molecule has 2 amide bonds. The number of nitrogens with one attached hydrogen (secondary N) is 2. The lowest BCUT2D eigenvalue weighted by molar-refractivity contribution is -0.144. The molecule has 1 aliphatic carbocycles. The minimum absolute atomic E-state index is 0.0722. The van der Waals surface area contributed by atoms with Crippen LogP contribution < -0.4 is 10.6 Å². The van der Waals surface area contributed by atoms with Gasteiger partial charge in [-0.25, -0.2) is 0 Å². The minimum Gasteiger partial charge on any atom is -0.480 e. The lowest BCUT2D eigenvalue weighted by atomic mass is 9.99. The Morgan fingerprint density at radius 2 is 1.53 bits per heavy atom. The normalized spacial score (nSPS) is 17.5. The fraction of sp³-hybridized carbons (Fsp3) is 0.375. The summed E-state index contributed by atoms with van der Waals surface area (Å²) in [6, 6.07) is 13.4. The maximum absolute atomic E-state index is 13.6. The maximum Gasteiger partial charge on any atom is 0.345 e. The molecule has 2 aromatic carbocycles. The van der Waals surface area contributed by atoms with Gasteiger partial charge in [-0.1, -0.05) is 53.9 Å². The van der Waals surface area contributed by atoms with Crippen molar-refractivity contribution in [1.29, 1.82) is 0 Å². The number of fused-ring (bicyclic) bond motifs is 1. The van der Waals surface area contributed by atoms with E-state index in [4.69, 9.17) is 23.2 Å². The molecule has 11 nitrogen and oxygen atoms in total. The summed E-state index contributed by atoms with van der Waals surface area (Å²) >= 11 is 13.8. The van der Waals surface area contributed by atoms with Crippen LogP contribution in [0, 0.1) is 0 Å². The van der Waals surface area contributed by atoms with Crippen LogP contribution in [0.3, 0.4) is 0 Å². The highest BCUT2D eigenvalue weighted by molar-refractivity contribution is 6.40. The van der Waals surface area contributed by atoms with E-state index in [1.54, 1.807) is 54.9 Å². The molecule has 1 saturated carbocycles. The monoisotopic (exact) mass is 792 g/mol. The van der Waals surface area contributed by atoms with Gasteiger partial charge >= 0.3 is 12.6 Å². The summed E-state index contributed by atoms with van der Waals surface area (Å²) in [4.78, 5) is 51.6. The number of nitrogens with zero attached hydrogens (tertiary/aromatic N) is 4. The summed E-state index contributed by atoms with van der Waals surface area (Å²) in [7, 11) is 0. The quantitative estimate of drug-likeness (QED) is 0.124. The van der Waals surface area contributed by atoms with Gasteiger partial charge in [-0.3, -0.25) is 34.2 Å². The number of carbonyl (C=O) groups excluding carboxylic acids is 2. The molecule has 2 aliphatic heterocycles. The lowest BCUT2D eigenvalue weighted by Gasteiger charge is -2.33. The Hall–Kier alpha value is -4.53. The number of carboxylic acid groups (broad SMARTS) is 1. The number of anilines is 2. The van der Waals surface area contributed by atoms with Crippen molar-refractivity contribution in [3.8, 4) is 11.1 Å². The zero-order chi connectivity index (χ0) is 38.6. The van der Waals surface area contributed by atoms with Crippen LogP contribution in [-0.2, 0) is 29.0 Å². The SMILES string of the molecule is O=C(Nc1cccc(-c2cccc(NC(=O)c3cc(C4CC4)c(CN4CCCC[C@H]4C(=O)O)cn3)c2Cl)c1Cl)c1cc2c(cn1)CN(CCOC(F)F)CC2. The predicted molar refractivity (Wildman–Crippen MR) is 205 cm³/mol. The lowest BCUT2D eigenvalue weighted by Crippen LogP contribution is -2.44. The number of aliphatic carboxylic acids is 1. The first-order valence-corrected chi connectivity index (χ1v) is 19.1. The fourth-order valence-electron chi connectivity index (χ4n) is 7.34. The second-order valence-electron chi connectivity index (χ2n) is 14.1. The highest BCUT2D eigenvalue weighted by Crippen LogP contribution is 2.43. The van der Waals surface area contributed by atoms with Crippen molar-refractivity contribution >= 4 is 52.4 Å². The first-order chi connectivity index (χ1) is 26.5. The molecule has 4 aromatic rings. The van der Waals surface area contributed by atoms with Crippen molar-refractivity contribution < 1.29 is 33.0 Å². The zero-order valence-electron chi connectivity index (χ0n) is 29.9. The Labute approximate surface area is 327 Å². The minimum atomic E-state index is -2.80. The Morgan fingerprint density at radius 1 is 0.873 bits per heavy atom. The van der Waals surface area contributed by atoms with E-state index in [0.29, 0.717) is 74.0 Å². The molecule has 3 N–H and O–H groups in total. The van der Waals surface area contributed by atoms with Crippen molar-refractivity contribution in [3.05, 3.63) is 105 Å². The molecule has 2 aromatic heterocycles. The van der Waals surface area contributed by atoms with Crippen LogP contribution in [0.25, 0.3) is 11.1 Å². The molecule has 2 fully saturated rings. The number of carbonyl (C=O) groups is 3. The molecule has 15 heteroatoms. The predicted octanol–water partition coefficient (Wildman–Crippen LogP) is 7.87. The number of piperidine rings is 1. The van der Waals surface area contributed by atoms with Gasteiger partial charge in [-0.2, -0.15) is 8.78 Å². The Bertz CT molecular complexity index is 2100. The van der Waals surface area contributed by atoms with Gasteiger partial charge in [-0.05, 0) is 91.1 Å². The summed E-state index contributed by atoms with van der Waals surface area (Å²) < 4.78 is 29.1. The number of carboxylic acids is 1. The first kappa shape index (κ1) is 38.7. The first-order valence-electron chi connectivity index (χ1n) is 18.3. The second kappa shape index (κ2) is 17.1. The van der Waals surface area contributed by atoms with Crippen LogP contribution in [-0.4, -0.2) is 81.6 Å². The zero-order valence-corrected chi connectivity index (χ0v) is 31.4. The van der Waals surface area contributed by atoms with Gasteiger partial charge in [0.25, 0.3) is 11.8 Å². The largest absolute Gasteiger partial charge is 0.480 e. The molecule has 1 saturated heterocycles. The van der Waals surface area contributed by atoms with E-state index in [1.807, 2.05) is 15.9 Å². The molecule has 4 heterocycles. The number of alkyl halides is 2. The molecule has 1 atom stereocenters. The number of ether oxygens (including phenoxy) is 1. The number of halogens is 4. The summed E-state index contributed by atoms with van der Waals surface area (Å²) in [5.74, 6) is -1.40.